The number of nitrogens with zero attached hydrogens (tertiary/aromatic N) is 2. The summed E-state index contributed by atoms with van der Waals surface area (Å²) in [6, 6.07) is 12.7. The lowest BCUT2D eigenvalue weighted by molar-refractivity contribution is 0.0941. The number of nitrogens with one attached hydrogen (secondary N) is 2. The molecule has 0 unspecified atom stereocenters. The SMILES string of the molecule is O=C(NC[C@@H](Cc1cccc(F)c1)n1cccc1)c1ccc(=O)[nH]n1. The highest BCUT2D eigenvalue weighted by Gasteiger charge is 2.15. The Bertz CT molecular complexity index is 885. The molecule has 0 saturated carbocycles. The van der Waals surface area contributed by atoms with Crippen molar-refractivity contribution in [2.24, 2.45) is 0 Å². The molecule has 0 aliphatic heterocycles. The zero-order valence-electron chi connectivity index (χ0n) is 13.4. The van der Waals surface area contributed by atoms with Crippen molar-refractivity contribution in [2.75, 3.05) is 6.54 Å². The first kappa shape index (κ1) is 16.6. The summed E-state index contributed by atoms with van der Waals surface area (Å²) < 4.78 is 15.4. The first-order valence-electron chi connectivity index (χ1n) is 7.82. The van der Waals surface area contributed by atoms with Crippen LogP contribution in [0.2, 0.25) is 0 Å². The number of H-pyrrole nitrogens is 1. The molecule has 1 amide bonds. The third kappa shape index (κ3) is 4.41. The van der Waals surface area contributed by atoms with E-state index in [-0.39, 0.29) is 29.0 Å². The summed E-state index contributed by atoms with van der Waals surface area (Å²) >= 11 is 0. The van der Waals surface area contributed by atoms with Crippen molar-refractivity contribution in [1.82, 2.24) is 20.1 Å². The minimum Gasteiger partial charge on any atom is -0.349 e. The fourth-order valence-electron chi connectivity index (χ4n) is 2.58. The maximum atomic E-state index is 13.4. The Balaban J connectivity index is 1.71. The molecule has 7 heteroatoms. The second kappa shape index (κ2) is 7.57. The third-order valence-corrected chi connectivity index (χ3v) is 3.82. The molecule has 3 rings (SSSR count). The van der Waals surface area contributed by atoms with Gasteiger partial charge in [-0.05, 0) is 42.3 Å². The van der Waals surface area contributed by atoms with Gasteiger partial charge in [0.2, 0.25) is 0 Å². The lowest BCUT2D eigenvalue weighted by atomic mass is 10.1. The largest absolute Gasteiger partial charge is 0.349 e. The van der Waals surface area contributed by atoms with E-state index >= 15 is 0 Å². The Kier molecular flexibility index (Phi) is 5.03. The Morgan fingerprint density at radius 3 is 2.68 bits per heavy atom. The lowest BCUT2D eigenvalue weighted by Crippen LogP contribution is -2.32. The van der Waals surface area contributed by atoms with Crippen molar-refractivity contribution in [3.05, 3.63) is 88.4 Å². The number of rotatable bonds is 6. The van der Waals surface area contributed by atoms with E-state index in [2.05, 4.69) is 15.5 Å². The van der Waals surface area contributed by atoms with Gasteiger partial charge in [0.25, 0.3) is 11.5 Å². The van der Waals surface area contributed by atoms with Gasteiger partial charge in [-0.1, -0.05) is 12.1 Å². The van der Waals surface area contributed by atoms with E-state index in [0.717, 1.165) is 5.56 Å². The molecule has 25 heavy (non-hydrogen) atoms. The highest BCUT2D eigenvalue weighted by Crippen LogP contribution is 2.15. The van der Waals surface area contributed by atoms with Crippen molar-refractivity contribution in [2.45, 2.75) is 12.5 Å². The average molecular weight is 340 g/mol. The minimum atomic E-state index is -0.382. The standard InChI is InChI=1S/C18H17FN4O2/c19-14-5-3-4-13(10-14)11-15(23-8-1-2-9-23)12-20-18(25)16-6-7-17(24)22-21-16/h1-10,15H,11-12H2,(H,20,25)(H,22,24)/t15-/m1/s1. The molecular formula is C18H17FN4O2. The summed E-state index contributed by atoms with van der Waals surface area (Å²) in [5, 5.41) is 8.74. The minimum absolute atomic E-state index is 0.0801. The van der Waals surface area contributed by atoms with Gasteiger partial charge in [-0.3, -0.25) is 9.59 Å². The van der Waals surface area contributed by atoms with Gasteiger partial charge >= 0.3 is 0 Å². The van der Waals surface area contributed by atoms with Crippen LogP contribution in [-0.4, -0.2) is 27.2 Å². The highest BCUT2D eigenvalue weighted by molar-refractivity contribution is 5.91. The summed E-state index contributed by atoms with van der Waals surface area (Å²) in [5.41, 5.74) is 0.611. The fraction of sp³-hybridized carbons (Fsp3) is 0.167. The number of amides is 1. The van der Waals surface area contributed by atoms with E-state index in [9.17, 15) is 14.0 Å². The second-order valence-corrected chi connectivity index (χ2v) is 5.63. The van der Waals surface area contributed by atoms with Gasteiger partial charge in [-0.25, -0.2) is 9.49 Å². The molecule has 0 fully saturated rings. The maximum absolute atomic E-state index is 13.4. The molecular weight excluding hydrogens is 323 g/mol. The molecule has 0 spiro atoms. The van der Waals surface area contributed by atoms with E-state index < -0.39 is 0 Å². The zero-order valence-corrected chi connectivity index (χ0v) is 13.4. The van der Waals surface area contributed by atoms with Gasteiger partial charge in [-0.2, -0.15) is 5.10 Å². The first-order valence-corrected chi connectivity index (χ1v) is 7.82. The summed E-state index contributed by atoms with van der Waals surface area (Å²) in [6.45, 7) is 0.338. The molecule has 2 N–H and O–H groups in total. The van der Waals surface area contributed by atoms with Crippen LogP contribution in [0.3, 0.4) is 0 Å². The van der Waals surface area contributed by atoms with Crippen LogP contribution in [0, 0.1) is 5.82 Å². The fourth-order valence-corrected chi connectivity index (χ4v) is 2.58. The lowest BCUT2D eigenvalue weighted by Gasteiger charge is -2.20. The van der Waals surface area contributed by atoms with Crippen molar-refractivity contribution < 1.29 is 9.18 Å². The molecule has 1 atom stereocenters. The average Bonchev–Trinajstić information content (AvgIpc) is 3.13. The van der Waals surface area contributed by atoms with Crippen molar-refractivity contribution in [1.29, 1.82) is 0 Å². The van der Waals surface area contributed by atoms with Crippen LogP contribution in [0.15, 0.2) is 65.7 Å². The van der Waals surface area contributed by atoms with Crippen LogP contribution in [0.5, 0.6) is 0 Å². The summed E-state index contributed by atoms with van der Waals surface area (Å²) in [5.74, 6) is -0.669. The van der Waals surface area contributed by atoms with Gasteiger partial charge in [-0.15, -0.1) is 0 Å². The number of aromatic amines is 1. The smallest absolute Gasteiger partial charge is 0.271 e. The molecule has 3 aromatic rings. The summed E-state index contributed by atoms with van der Waals surface area (Å²) in [7, 11) is 0. The topological polar surface area (TPSA) is 79.8 Å². The van der Waals surface area contributed by atoms with E-state index in [4.69, 9.17) is 0 Å². The van der Waals surface area contributed by atoms with Crippen molar-refractivity contribution in [3.8, 4) is 0 Å². The Labute approximate surface area is 143 Å². The third-order valence-electron chi connectivity index (χ3n) is 3.82. The predicted octanol–water partition coefficient (Wildman–Crippen LogP) is 1.92. The normalized spacial score (nSPS) is 11.9. The number of carbonyl (C=O) groups is 1. The Hall–Kier alpha value is -3.22. The Morgan fingerprint density at radius 2 is 2.00 bits per heavy atom. The monoisotopic (exact) mass is 340 g/mol. The number of hydrogen-bond acceptors (Lipinski definition) is 3. The number of halogens is 1. The van der Waals surface area contributed by atoms with E-state index in [1.54, 1.807) is 6.07 Å². The first-order chi connectivity index (χ1) is 12.1. The zero-order chi connectivity index (χ0) is 17.6. The molecule has 0 aliphatic rings. The van der Waals surface area contributed by atoms with Crippen LogP contribution >= 0.6 is 0 Å². The van der Waals surface area contributed by atoms with Gasteiger partial charge in [0.15, 0.2) is 0 Å². The van der Waals surface area contributed by atoms with Crippen LogP contribution in [0.25, 0.3) is 0 Å². The number of carbonyl (C=O) groups excluding carboxylic acids is 1. The maximum Gasteiger partial charge on any atom is 0.271 e. The van der Waals surface area contributed by atoms with Gasteiger partial charge in [0.1, 0.15) is 11.5 Å². The van der Waals surface area contributed by atoms with E-state index in [1.165, 1.54) is 24.3 Å². The second-order valence-electron chi connectivity index (χ2n) is 5.63. The van der Waals surface area contributed by atoms with Gasteiger partial charge < -0.3 is 9.88 Å². The van der Waals surface area contributed by atoms with Gasteiger partial charge in [0, 0.05) is 25.0 Å². The van der Waals surface area contributed by atoms with E-state index in [1.807, 2.05) is 35.2 Å². The quantitative estimate of drug-likeness (QED) is 0.719. The molecule has 1 aromatic carbocycles. The van der Waals surface area contributed by atoms with Gasteiger partial charge in [0.05, 0.1) is 6.04 Å². The molecule has 2 heterocycles. The molecule has 0 radical (unpaired) electrons. The van der Waals surface area contributed by atoms with E-state index in [0.29, 0.717) is 13.0 Å². The molecule has 128 valence electrons. The predicted molar refractivity (Wildman–Crippen MR) is 90.8 cm³/mol. The molecule has 6 nitrogen and oxygen atoms in total. The molecule has 0 saturated heterocycles. The van der Waals surface area contributed by atoms with Crippen molar-refractivity contribution >= 4 is 5.91 Å². The van der Waals surface area contributed by atoms with Crippen LogP contribution in [0.1, 0.15) is 22.1 Å². The number of benzene rings is 1. The summed E-state index contributed by atoms with van der Waals surface area (Å²) in [6.07, 6.45) is 4.36. The van der Waals surface area contributed by atoms with Crippen molar-refractivity contribution in [3.63, 3.8) is 0 Å². The molecule has 0 bridgehead atoms. The number of aromatic nitrogens is 3. The summed E-state index contributed by atoms with van der Waals surface area (Å²) in [4.78, 5) is 23.2. The highest BCUT2D eigenvalue weighted by atomic mass is 19.1. The van der Waals surface area contributed by atoms with Crippen LogP contribution in [0.4, 0.5) is 4.39 Å². The molecule has 2 aromatic heterocycles. The molecule has 0 aliphatic carbocycles. The number of hydrogen-bond donors (Lipinski definition) is 2. The van der Waals surface area contributed by atoms with Crippen LogP contribution < -0.4 is 10.9 Å². The Morgan fingerprint density at radius 1 is 1.20 bits per heavy atom. The van der Waals surface area contributed by atoms with Crippen LogP contribution in [-0.2, 0) is 6.42 Å².